The van der Waals surface area contributed by atoms with E-state index in [1.165, 1.54) is 12.1 Å². The number of urea groups is 1. The number of hydrogen-bond donors (Lipinski definition) is 2. The van der Waals surface area contributed by atoms with Gasteiger partial charge >= 0.3 is 12.2 Å². The van der Waals surface area contributed by atoms with Crippen LogP contribution >= 0.6 is 0 Å². The first-order valence-electron chi connectivity index (χ1n) is 11.1. The maximum Gasteiger partial charge on any atom is 0.416 e. The highest BCUT2D eigenvalue weighted by Crippen LogP contribution is 2.38. The van der Waals surface area contributed by atoms with Crippen molar-refractivity contribution < 1.29 is 23.1 Å². The Morgan fingerprint density at radius 2 is 1.74 bits per heavy atom. The van der Waals surface area contributed by atoms with Crippen LogP contribution in [0.3, 0.4) is 0 Å². The number of alkyl halides is 3. The van der Waals surface area contributed by atoms with Crippen molar-refractivity contribution in [2.45, 2.75) is 30.5 Å². The smallest absolute Gasteiger partial charge is 0.389 e. The van der Waals surface area contributed by atoms with Gasteiger partial charge < -0.3 is 14.9 Å². The van der Waals surface area contributed by atoms with Crippen LogP contribution in [0.2, 0.25) is 0 Å². The number of carbonyl (C=O) groups excluding carboxylic acids is 1. The molecular weight excluding hydrogens is 447 g/mol. The van der Waals surface area contributed by atoms with Crippen molar-refractivity contribution in [3.05, 3.63) is 71.7 Å². The highest BCUT2D eigenvalue weighted by molar-refractivity contribution is 5.76. The molecular formula is C24H24F3N5O2. The summed E-state index contributed by atoms with van der Waals surface area (Å²) in [6.07, 6.45) is -0.844. The van der Waals surface area contributed by atoms with Crippen LogP contribution < -0.4 is 0 Å². The van der Waals surface area contributed by atoms with E-state index in [-0.39, 0.29) is 17.9 Å². The summed E-state index contributed by atoms with van der Waals surface area (Å²) in [5.41, 5.74) is 2.52. The van der Waals surface area contributed by atoms with Gasteiger partial charge in [-0.2, -0.15) is 18.3 Å². The molecule has 0 radical (unpaired) electrons. The Morgan fingerprint density at radius 3 is 2.38 bits per heavy atom. The third-order valence-corrected chi connectivity index (χ3v) is 6.56. The number of benzene rings is 1. The molecule has 7 nitrogen and oxygen atoms in total. The zero-order valence-corrected chi connectivity index (χ0v) is 18.2. The number of nitrogens with zero attached hydrogens (tertiary/aromatic N) is 4. The Bertz CT molecular complexity index is 1140. The predicted molar refractivity (Wildman–Crippen MR) is 118 cm³/mol. The molecule has 34 heavy (non-hydrogen) atoms. The van der Waals surface area contributed by atoms with Gasteiger partial charge in [-0.3, -0.25) is 10.1 Å². The number of halogens is 3. The molecule has 2 unspecified atom stereocenters. The van der Waals surface area contributed by atoms with Crippen molar-refractivity contribution in [2.24, 2.45) is 0 Å². The number of rotatable bonds is 3. The first kappa shape index (κ1) is 22.4. The SMILES string of the molecule is O=C(N1CC(O)C1)N1CC(c2ccc(C(F)(F)F)cc2)CC(c2cc(-c3cccnc3)n[nH]2)C1. The number of amides is 2. The second-order valence-electron chi connectivity index (χ2n) is 8.95. The van der Waals surface area contributed by atoms with Gasteiger partial charge in [0.15, 0.2) is 0 Å². The monoisotopic (exact) mass is 471 g/mol. The Balaban J connectivity index is 1.41. The molecule has 2 aliphatic rings. The molecule has 0 bridgehead atoms. The molecule has 2 atom stereocenters. The van der Waals surface area contributed by atoms with Crippen LogP contribution in [0.15, 0.2) is 54.9 Å². The van der Waals surface area contributed by atoms with Crippen LogP contribution in [0.1, 0.15) is 35.1 Å². The first-order valence-corrected chi connectivity index (χ1v) is 11.1. The van der Waals surface area contributed by atoms with Gasteiger partial charge in [0.05, 0.1) is 30.5 Å². The van der Waals surface area contributed by atoms with Gasteiger partial charge in [0.1, 0.15) is 0 Å². The lowest BCUT2D eigenvalue weighted by Gasteiger charge is -2.44. The third kappa shape index (κ3) is 4.50. The number of β-amino-alcohol motifs (C(OH)–C–C–N with tert-alkyl or cyclic N) is 1. The number of carbonyl (C=O) groups is 1. The van der Waals surface area contributed by atoms with Gasteiger partial charge in [0.25, 0.3) is 0 Å². The Labute approximate surface area is 194 Å². The molecule has 1 aromatic carbocycles. The minimum atomic E-state index is -4.40. The molecule has 2 saturated heterocycles. The zero-order valence-electron chi connectivity index (χ0n) is 18.2. The molecule has 2 amide bonds. The summed E-state index contributed by atoms with van der Waals surface area (Å²) in [6, 6.07) is 10.7. The van der Waals surface area contributed by atoms with E-state index in [1.54, 1.807) is 22.2 Å². The minimum Gasteiger partial charge on any atom is -0.389 e. The van der Waals surface area contributed by atoms with Crippen molar-refractivity contribution in [3.8, 4) is 11.3 Å². The van der Waals surface area contributed by atoms with Crippen molar-refractivity contribution in [2.75, 3.05) is 26.2 Å². The lowest BCUT2D eigenvalue weighted by molar-refractivity contribution is -0.137. The number of aromatic amines is 1. The fourth-order valence-electron chi connectivity index (χ4n) is 4.69. The number of hydrogen-bond acceptors (Lipinski definition) is 4. The summed E-state index contributed by atoms with van der Waals surface area (Å²) < 4.78 is 39.1. The Hall–Kier alpha value is -3.40. The van der Waals surface area contributed by atoms with Crippen LogP contribution in [0.25, 0.3) is 11.3 Å². The van der Waals surface area contributed by atoms with Gasteiger partial charge in [0, 0.05) is 48.6 Å². The van der Waals surface area contributed by atoms with E-state index in [1.807, 2.05) is 18.2 Å². The lowest BCUT2D eigenvalue weighted by Crippen LogP contribution is -2.59. The van der Waals surface area contributed by atoms with Crippen molar-refractivity contribution in [1.82, 2.24) is 25.0 Å². The number of aromatic nitrogens is 3. The second-order valence-corrected chi connectivity index (χ2v) is 8.95. The largest absolute Gasteiger partial charge is 0.416 e. The highest BCUT2D eigenvalue weighted by Gasteiger charge is 2.38. The van der Waals surface area contributed by atoms with E-state index < -0.39 is 17.8 Å². The van der Waals surface area contributed by atoms with E-state index in [4.69, 9.17) is 0 Å². The summed E-state index contributed by atoms with van der Waals surface area (Å²) in [5.74, 6) is -0.213. The summed E-state index contributed by atoms with van der Waals surface area (Å²) in [5, 5.41) is 17.1. The normalized spacial score (nSPS) is 21.4. The quantitative estimate of drug-likeness (QED) is 0.608. The lowest BCUT2D eigenvalue weighted by atomic mass is 9.82. The molecule has 10 heteroatoms. The van der Waals surface area contributed by atoms with Crippen LogP contribution in [-0.4, -0.2) is 68.4 Å². The summed E-state index contributed by atoms with van der Waals surface area (Å²) in [7, 11) is 0. The third-order valence-electron chi connectivity index (χ3n) is 6.56. The molecule has 5 rings (SSSR count). The number of H-pyrrole nitrogens is 1. The van der Waals surface area contributed by atoms with E-state index >= 15 is 0 Å². The Morgan fingerprint density at radius 1 is 1.03 bits per heavy atom. The second kappa shape index (κ2) is 8.75. The number of nitrogens with one attached hydrogen (secondary N) is 1. The first-order chi connectivity index (χ1) is 16.3. The number of pyridine rings is 1. The number of piperidine rings is 1. The summed E-state index contributed by atoms with van der Waals surface area (Å²) in [6.45, 7) is 1.44. The van der Waals surface area contributed by atoms with E-state index in [0.717, 1.165) is 34.6 Å². The Kier molecular flexibility index (Phi) is 5.76. The van der Waals surface area contributed by atoms with Gasteiger partial charge in [-0.25, -0.2) is 4.79 Å². The molecule has 0 saturated carbocycles. The van der Waals surface area contributed by atoms with Gasteiger partial charge in [0.2, 0.25) is 0 Å². The zero-order chi connectivity index (χ0) is 23.9. The molecule has 3 aromatic rings. The van der Waals surface area contributed by atoms with Crippen LogP contribution in [-0.2, 0) is 6.18 Å². The number of aliphatic hydroxyl groups excluding tert-OH is 1. The van der Waals surface area contributed by atoms with Gasteiger partial charge in [-0.05, 0) is 42.3 Å². The molecule has 2 aromatic heterocycles. The average Bonchev–Trinajstić information content (AvgIpc) is 3.32. The molecule has 2 N–H and O–H groups in total. The van der Waals surface area contributed by atoms with Crippen molar-refractivity contribution in [3.63, 3.8) is 0 Å². The molecule has 0 aliphatic carbocycles. The van der Waals surface area contributed by atoms with Gasteiger partial charge in [-0.1, -0.05) is 12.1 Å². The molecule has 178 valence electrons. The summed E-state index contributed by atoms with van der Waals surface area (Å²) >= 11 is 0. The number of aliphatic hydroxyl groups is 1. The van der Waals surface area contributed by atoms with Crippen molar-refractivity contribution in [1.29, 1.82) is 0 Å². The van der Waals surface area contributed by atoms with E-state index in [9.17, 15) is 23.1 Å². The molecule has 0 spiro atoms. The van der Waals surface area contributed by atoms with E-state index in [2.05, 4.69) is 15.2 Å². The maximum atomic E-state index is 13.0. The minimum absolute atomic E-state index is 0.0749. The molecule has 2 aliphatic heterocycles. The van der Waals surface area contributed by atoms with Crippen LogP contribution in [0.4, 0.5) is 18.0 Å². The molecule has 2 fully saturated rings. The topological polar surface area (TPSA) is 85.3 Å². The highest BCUT2D eigenvalue weighted by atomic mass is 19.4. The van der Waals surface area contributed by atoms with Crippen LogP contribution in [0.5, 0.6) is 0 Å². The van der Waals surface area contributed by atoms with E-state index in [0.29, 0.717) is 32.6 Å². The fraction of sp³-hybridized carbons (Fsp3) is 0.375. The summed E-state index contributed by atoms with van der Waals surface area (Å²) in [4.78, 5) is 20.5. The number of likely N-dealkylation sites (tertiary alicyclic amines) is 2. The maximum absolute atomic E-state index is 13.0. The standard InChI is InChI=1S/C24H24F3N5O2/c25-24(26,27)19-5-3-15(4-6-19)17-8-18(12-31(11-17)23(34)32-13-20(33)14-32)22-9-21(29-30-22)16-2-1-7-28-10-16/h1-7,9-10,17-18,20,33H,8,11-14H2,(H,29,30). The fourth-order valence-corrected chi connectivity index (χ4v) is 4.69. The van der Waals surface area contributed by atoms with Crippen molar-refractivity contribution >= 4 is 6.03 Å². The van der Waals surface area contributed by atoms with Crippen LogP contribution in [0, 0.1) is 0 Å². The average molecular weight is 471 g/mol. The molecule has 4 heterocycles. The predicted octanol–water partition coefficient (Wildman–Crippen LogP) is 3.86. The van der Waals surface area contributed by atoms with Gasteiger partial charge in [-0.15, -0.1) is 0 Å².